The molecule has 0 aromatic rings. The van der Waals surface area contributed by atoms with Gasteiger partial charge in [-0.05, 0) is 52.9 Å². The average molecular weight is 599 g/mol. The number of rotatable bonds is 10. The summed E-state index contributed by atoms with van der Waals surface area (Å²) in [6.45, 7) is 11.1. The predicted molar refractivity (Wildman–Crippen MR) is 123 cm³/mol. The summed E-state index contributed by atoms with van der Waals surface area (Å²) < 4.78 is 127. The number of likely N-dealkylation sites (tertiary alicyclic amines) is 1. The van der Waals surface area contributed by atoms with Crippen molar-refractivity contribution in [3.05, 3.63) is 4.13 Å². The van der Waals surface area contributed by atoms with Crippen molar-refractivity contribution < 1.29 is 60.9 Å². The van der Waals surface area contributed by atoms with Crippen LogP contribution in [0.1, 0.15) is 52.9 Å². The van der Waals surface area contributed by atoms with Crippen LogP contribution in [0.15, 0.2) is 0 Å². The fourth-order valence-electron chi connectivity index (χ4n) is 3.87. The summed E-state index contributed by atoms with van der Waals surface area (Å²) in [6.07, 6.45) is 6.51. The van der Waals surface area contributed by atoms with Crippen LogP contribution in [-0.4, -0.2) is 87.6 Å². The summed E-state index contributed by atoms with van der Waals surface area (Å²) in [5.74, 6) is 0. The number of piperidine rings is 1. The molecule has 1 aliphatic rings. The Labute approximate surface area is 210 Å². The highest BCUT2D eigenvalue weighted by atomic mass is 32.3. The zero-order valence-corrected chi connectivity index (χ0v) is 23.8. The lowest BCUT2D eigenvalue weighted by molar-refractivity contribution is -0.974. The van der Waals surface area contributed by atoms with E-state index in [1.165, 1.54) is 49.8 Å². The Kier molecular flexibility index (Phi) is 12.9. The van der Waals surface area contributed by atoms with Crippen molar-refractivity contribution in [1.29, 1.82) is 0 Å². The van der Waals surface area contributed by atoms with E-state index >= 15 is 0 Å². The van der Waals surface area contributed by atoms with Crippen molar-refractivity contribution in [2.45, 2.75) is 75.5 Å². The van der Waals surface area contributed by atoms with Crippen molar-refractivity contribution in [2.75, 3.05) is 41.0 Å². The minimum Gasteiger partial charge on any atom is -0.421 e. The summed E-state index contributed by atoms with van der Waals surface area (Å²) in [5, 5.41) is 0. The van der Waals surface area contributed by atoms with E-state index in [2.05, 4.69) is 20.8 Å². The zero-order valence-electron chi connectivity index (χ0n) is 21.2. The molecule has 36 heavy (non-hydrogen) atoms. The third-order valence-corrected chi connectivity index (χ3v) is 11.7. The number of hydrogen-bond donors (Lipinski definition) is 0. The summed E-state index contributed by atoms with van der Waals surface area (Å²) in [6, 6.07) is 0.917. The third kappa shape index (κ3) is 9.67. The molecule has 1 saturated heterocycles. The first-order valence-electron chi connectivity index (χ1n) is 10.9. The number of alkyl halides is 6. The highest BCUT2D eigenvalue weighted by Crippen LogP contribution is 2.36. The normalized spacial score (nSPS) is 17.9. The van der Waals surface area contributed by atoms with Crippen LogP contribution in [0.5, 0.6) is 0 Å². The molecule has 0 unspecified atom stereocenters. The van der Waals surface area contributed by atoms with Crippen LogP contribution in [0.2, 0.25) is 6.04 Å². The van der Waals surface area contributed by atoms with E-state index in [1.807, 2.05) is 0 Å². The van der Waals surface area contributed by atoms with Crippen LogP contribution < -0.4 is 0 Å². The lowest BCUT2D eigenvalue weighted by Crippen LogP contribution is -2.62. The number of sulfonamides is 2. The van der Waals surface area contributed by atoms with E-state index in [0.29, 0.717) is 5.54 Å². The molecule has 0 radical (unpaired) electrons. The maximum absolute atomic E-state index is 11.4. The van der Waals surface area contributed by atoms with Gasteiger partial charge in [-0.2, -0.15) is 26.3 Å². The summed E-state index contributed by atoms with van der Waals surface area (Å²) >= 11 is 0. The Hall–Kier alpha value is -0.503. The molecular weight excluding hydrogens is 562 g/mol. The molecule has 218 valence electrons. The first-order valence-corrected chi connectivity index (χ1v) is 15.7. The van der Waals surface area contributed by atoms with Crippen LogP contribution in [0.25, 0.3) is 4.13 Å². The Balaban J connectivity index is 0.000000723. The summed E-state index contributed by atoms with van der Waals surface area (Å²) in [4.78, 5) is 0. The van der Waals surface area contributed by atoms with E-state index in [4.69, 9.17) is 13.3 Å². The molecule has 1 heterocycles. The minimum atomic E-state index is -6.72. The Morgan fingerprint density at radius 2 is 1.14 bits per heavy atom. The van der Waals surface area contributed by atoms with Gasteiger partial charge in [-0.15, -0.1) is 0 Å². The van der Waals surface area contributed by atoms with E-state index in [-0.39, 0.29) is 0 Å². The molecular formula is C18H36F6N2O7S2Si. The van der Waals surface area contributed by atoms with Crippen molar-refractivity contribution in [1.82, 2.24) is 0 Å². The second-order valence-electron chi connectivity index (χ2n) is 9.22. The van der Waals surface area contributed by atoms with Crippen LogP contribution in [0.3, 0.4) is 0 Å². The molecule has 1 rings (SSSR count). The molecule has 0 atom stereocenters. The molecule has 0 aromatic heterocycles. The van der Waals surface area contributed by atoms with Crippen LogP contribution in [-0.2, 0) is 33.3 Å². The molecule has 1 fully saturated rings. The molecule has 0 saturated carbocycles. The molecule has 18 heteroatoms. The second kappa shape index (κ2) is 13.0. The van der Waals surface area contributed by atoms with Crippen molar-refractivity contribution in [3.8, 4) is 0 Å². The van der Waals surface area contributed by atoms with Crippen LogP contribution >= 0.6 is 0 Å². The summed E-state index contributed by atoms with van der Waals surface area (Å²) in [7, 11) is -10.7. The van der Waals surface area contributed by atoms with Crippen molar-refractivity contribution in [2.24, 2.45) is 0 Å². The van der Waals surface area contributed by atoms with Crippen LogP contribution in [0, 0.1) is 0 Å². The maximum Gasteiger partial charge on any atom is 0.500 e. The maximum atomic E-state index is 11.4. The number of unbranched alkanes of at least 4 members (excludes halogenated alkanes) is 1. The number of quaternary nitrogens is 1. The van der Waals surface area contributed by atoms with Crippen molar-refractivity contribution >= 4 is 28.9 Å². The largest absolute Gasteiger partial charge is 0.500 e. The van der Waals surface area contributed by atoms with Gasteiger partial charge in [0.2, 0.25) is 0 Å². The third-order valence-electron chi connectivity index (χ3n) is 6.13. The molecule has 0 bridgehead atoms. The van der Waals surface area contributed by atoms with E-state index in [1.54, 1.807) is 21.3 Å². The van der Waals surface area contributed by atoms with Gasteiger partial charge < -0.3 is 21.9 Å². The van der Waals surface area contributed by atoms with Gasteiger partial charge in [0.25, 0.3) is 0 Å². The van der Waals surface area contributed by atoms with E-state index < -0.39 is 39.9 Å². The number of nitrogens with zero attached hydrogens (tertiary/aromatic N) is 2. The Bertz CT molecular complexity index is 831. The lowest BCUT2D eigenvalue weighted by Gasteiger charge is -2.51. The second-order valence-corrected chi connectivity index (χ2v) is 15.7. The standard InChI is InChI=1S/C16H36NO3Si.C2F6NO4S2/c1-16(2,3)17(12-8-7-9-13-17)14-10-11-15-21(18-4,19-5)20-6;3-1(4,5)14(10,11)9-15(12,13)2(6,7)8/h7-15H2,1-6H3;/q+1;-1. The van der Waals surface area contributed by atoms with E-state index in [0.717, 1.165) is 16.6 Å². The number of halogens is 6. The highest BCUT2D eigenvalue weighted by molar-refractivity contribution is 8.13. The van der Waals surface area contributed by atoms with E-state index in [9.17, 15) is 43.2 Å². The van der Waals surface area contributed by atoms with Gasteiger partial charge in [-0.3, -0.25) is 0 Å². The fraction of sp³-hybridized carbons (Fsp3) is 1.00. The van der Waals surface area contributed by atoms with Crippen LogP contribution in [0.4, 0.5) is 26.3 Å². The first kappa shape index (κ1) is 35.5. The molecule has 0 aliphatic carbocycles. The minimum absolute atomic E-state index is 0.346. The van der Waals surface area contributed by atoms with Crippen molar-refractivity contribution in [3.63, 3.8) is 0 Å². The smallest absolute Gasteiger partial charge is 0.421 e. The fourth-order valence-corrected chi connectivity index (χ4v) is 7.38. The summed E-state index contributed by atoms with van der Waals surface area (Å²) in [5.41, 5.74) is -12.1. The SMILES string of the molecule is CO[Si](CCCC[N+]1(C(C)(C)C)CCCCC1)(OC)OC.O=S(=O)([N-]S(=O)(=O)C(F)(F)F)C(F)(F)F. The van der Waals surface area contributed by atoms with Gasteiger partial charge in [-0.1, -0.05) is 0 Å². The van der Waals surface area contributed by atoms with Gasteiger partial charge in [0.15, 0.2) is 20.0 Å². The molecule has 1 aliphatic heterocycles. The van der Waals surface area contributed by atoms with Gasteiger partial charge in [0.1, 0.15) is 0 Å². The topological polar surface area (TPSA) is 110 Å². The predicted octanol–water partition coefficient (Wildman–Crippen LogP) is 4.50. The average Bonchev–Trinajstić information content (AvgIpc) is 2.72. The molecule has 0 spiro atoms. The van der Waals surface area contributed by atoms with Gasteiger partial charge >= 0.3 is 19.8 Å². The number of hydrogen-bond acceptors (Lipinski definition) is 7. The lowest BCUT2D eigenvalue weighted by atomic mass is 9.94. The van der Waals surface area contributed by atoms with Gasteiger partial charge in [0.05, 0.1) is 25.2 Å². The van der Waals surface area contributed by atoms with Gasteiger partial charge in [-0.25, -0.2) is 16.8 Å². The quantitative estimate of drug-likeness (QED) is 0.158. The molecule has 9 nitrogen and oxygen atoms in total. The zero-order chi connectivity index (χ0) is 28.7. The Morgan fingerprint density at radius 1 is 0.750 bits per heavy atom. The van der Waals surface area contributed by atoms with Gasteiger partial charge in [0, 0.05) is 27.4 Å². The molecule has 0 amide bonds. The molecule has 0 N–H and O–H groups in total. The first-order chi connectivity index (χ1) is 16.1. The monoisotopic (exact) mass is 598 g/mol. The highest BCUT2D eigenvalue weighted by Gasteiger charge is 2.47. The Morgan fingerprint density at radius 3 is 1.44 bits per heavy atom. The molecule has 0 aromatic carbocycles.